The Kier molecular flexibility index (Phi) is 5.62. The Hall–Kier alpha value is -3.07. The number of carbonyl (C=O) groups is 1. The van der Waals surface area contributed by atoms with E-state index in [0.29, 0.717) is 27.9 Å². The standard InChI is InChI=1S/C23H15F6NOS/c24-22(25,26)17-7-4-14(5-8-17)12-32-13-30-20-9-6-16(11-19(20)21(32)31)15-2-1-3-18(10-15)23(27,28)29/h1-11,13,32H,12H2. The summed E-state index contributed by atoms with van der Waals surface area (Å²) in [5, 5.41) is -0.223. The summed E-state index contributed by atoms with van der Waals surface area (Å²) in [6.45, 7) is 0. The van der Waals surface area contributed by atoms with Gasteiger partial charge in [-0.1, -0.05) is 30.3 Å². The number of nitrogens with zero attached hydrogens (tertiary/aromatic N) is 1. The van der Waals surface area contributed by atoms with Crippen molar-refractivity contribution in [3.8, 4) is 11.1 Å². The number of thiol groups is 1. The fourth-order valence-corrected chi connectivity index (χ4v) is 5.01. The lowest BCUT2D eigenvalue weighted by atomic mass is 10.00. The Morgan fingerprint density at radius 1 is 0.750 bits per heavy atom. The highest BCUT2D eigenvalue weighted by Crippen LogP contribution is 2.42. The van der Waals surface area contributed by atoms with Gasteiger partial charge in [-0.3, -0.25) is 9.79 Å². The summed E-state index contributed by atoms with van der Waals surface area (Å²) in [6.07, 6.45) is -8.93. The fraction of sp³-hybridized carbons (Fsp3) is 0.130. The van der Waals surface area contributed by atoms with E-state index in [1.54, 1.807) is 12.1 Å². The Balaban J connectivity index is 1.59. The minimum atomic E-state index is -4.49. The van der Waals surface area contributed by atoms with Gasteiger partial charge >= 0.3 is 12.4 Å². The molecule has 3 aromatic carbocycles. The van der Waals surface area contributed by atoms with Crippen molar-refractivity contribution in [2.45, 2.75) is 18.1 Å². The number of benzene rings is 3. The molecule has 166 valence electrons. The minimum Gasteiger partial charge on any atom is -0.283 e. The van der Waals surface area contributed by atoms with Crippen LogP contribution in [0.2, 0.25) is 0 Å². The van der Waals surface area contributed by atoms with Crippen molar-refractivity contribution >= 4 is 27.2 Å². The zero-order valence-electron chi connectivity index (χ0n) is 16.2. The predicted molar refractivity (Wildman–Crippen MR) is 113 cm³/mol. The van der Waals surface area contributed by atoms with Crippen LogP contribution in [0, 0.1) is 0 Å². The first-order chi connectivity index (χ1) is 15.0. The molecule has 0 bridgehead atoms. The topological polar surface area (TPSA) is 29.4 Å². The molecule has 0 N–H and O–H groups in total. The lowest BCUT2D eigenvalue weighted by molar-refractivity contribution is -0.138. The van der Waals surface area contributed by atoms with Crippen molar-refractivity contribution in [2.75, 3.05) is 0 Å². The second-order valence-corrected chi connectivity index (χ2v) is 9.08. The van der Waals surface area contributed by atoms with Gasteiger partial charge in [0.15, 0.2) is 0 Å². The molecule has 3 aromatic rings. The highest BCUT2D eigenvalue weighted by Gasteiger charge is 2.31. The van der Waals surface area contributed by atoms with Crippen LogP contribution in [0.4, 0.5) is 32.0 Å². The molecule has 32 heavy (non-hydrogen) atoms. The van der Waals surface area contributed by atoms with Crippen LogP contribution in [0.25, 0.3) is 11.1 Å². The number of halogens is 6. The van der Waals surface area contributed by atoms with E-state index in [4.69, 9.17) is 0 Å². The summed E-state index contributed by atoms with van der Waals surface area (Å²) in [6, 6.07) is 14.1. The molecule has 4 rings (SSSR count). The van der Waals surface area contributed by atoms with Crippen molar-refractivity contribution in [3.63, 3.8) is 0 Å². The number of hydrogen-bond donors (Lipinski definition) is 1. The summed E-state index contributed by atoms with van der Waals surface area (Å²) in [4.78, 5) is 17.3. The third-order valence-electron chi connectivity index (χ3n) is 4.98. The van der Waals surface area contributed by atoms with Crippen LogP contribution >= 0.6 is 10.9 Å². The van der Waals surface area contributed by atoms with Crippen molar-refractivity contribution in [2.24, 2.45) is 4.99 Å². The summed E-state index contributed by atoms with van der Waals surface area (Å²) in [7, 11) is -1.43. The molecule has 1 atom stereocenters. The molecule has 9 heteroatoms. The number of aliphatic imine (C=N–C) groups is 1. The van der Waals surface area contributed by atoms with Gasteiger partial charge in [0.25, 0.3) is 0 Å². The first-order valence-corrected chi connectivity index (χ1v) is 10.9. The lowest BCUT2D eigenvalue weighted by Gasteiger charge is -2.21. The monoisotopic (exact) mass is 467 g/mol. The van der Waals surface area contributed by atoms with Crippen LogP contribution in [0.1, 0.15) is 27.0 Å². The third kappa shape index (κ3) is 4.57. The van der Waals surface area contributed by atoms with Crippen LogP contribution in [0.3, 0.4) is 0 Å². The number of fused-ring (bicyclic) bond motifs is 1. The van der Waals surface area contributed by atoms with Gasteiger partial charge in [-0.15, -0.1) is 10.9 Å². The molecule has 0 spiro atoms. The summed E-state index contributed by atoms with van der Waals surface area (Å²) in [5.41, 5.74) is 2.00. The average Bonchev–Trinajstić information content (AvgIpc) is 2.75. The van der Waals surface area contributed by atoms with E-state index < -0.39 is 34.4 Å². The number of hydrogen-bond acceptors (Lipinski definition) is 2. The maximum atomic E-state index is 13.0. The Morgan fingerprint density at radius 2 is 1.41 bits per heavy atom. The molecular weight excluding hydrogens is 452 g/mol. The Labute approximate surface area is 182 Å². The first-order valence-electron chi connectivity index (χ1n) is 9.35. The third-order valence-corrected chi connectivity index (χ3v) is 6.84. The van der Waals surface area contributed by atoms with E-state index in [1.165, 1.54) is 35.9 Å². The van der Waals surface area contributed by atoms with E-state index in [1.807, 2.05) is 0 Å². The highest BCUT2D eigenvalue weighted by molar-refractivity contribution is 8.39. The van der Waals surface area contributed by atoms with E-state index in [0.717, 1.165) is 24.3 Å². The highest BCUT2D eigenvalue weighted by atomic mass is 32.2. The lowest BCUT2D eigenvalue weighted by Crippen LogP contribution is -2.09. The molecule has 0 saturated heterocycles. The predicted octanol–water partition coefficient (Wildman–Crippen LogP) is 7.41. The molecule has 2 nitrogen and oxygen atoms in total. The summed E-state index contributed by atoms with van der Waals surface area (Å²) >= 11 is 0. The van der Waals surface area contributed by atoms with Gasteiger partial charge in [0, 0.05) is 11.3 Å². The Bertz CT molecular complexity index is 1200. The largest absolute Gasteiger partial charge is 0.416 e. The first kappa shape index (κ1) is 22.1. The van der Waals surface area contributed by atoms with Gasteiger partial charge in [0.2, 0.25) is 5.12 Å². The molecule has 0 saturated carbocycles. The van der Waals surface area contributed by atoms with Gasteiger partial charge in [0.05, 0.1) is 22.4 Å². The van der Waals surface area contributed by atoms with Crippen LogP contribution in [0.5, 0.6) is 0 Å². The molecule has 1 aliphatic heterocycles. The van der Waals surface area contributed by atoms with Crippen LogP contribution in [0.15, 0.2) is 71.7 Å². The van der Waals surface area contributed by atoms with Gasteiger partial charge in [0.1, 0.15) is 0 Å². The number of carbonyl (C=O) groups excluding carboxylic acids is 1. The average molecular weight is 467 g/mol. The summed E-state index contributed by atoms with van der Waals surface area (Å²) < 4.78 is 77.3. The van der Waals surface area contributed by atoms with Gasteiger partial charge in [-0.25, -0.2) is 0 Å². The normalized spacial score (nSPS) is 17.3. The maximum absolute atomic E-state index is 13.0. The van der Waals surface area contributed by atoms with E-state index in [9.17, 15) is 31.1 Å². The molecular formula is C23H15F6NOS. The smallest absolute Gasteiger partial charge is 0.283 e. The quantitative estimate of drug-likeness (QED) is 0.316. The SMILES string of the molecule is O=C1c2cc(-c3cccc(C(F)(F)F)c3)ccc2N=C[SH]1Cc1ccc(C(F)(F)F)cc1. The Morgan fingerprint density at radius 3 is 2.06 bits per heavy atom. The zero-order chi connectivity index (χ0) is 23.1. The second kappa shape index (κ2) is 8.12. The van der Waals surface area contributed by atoms with Crippen LogP contribution in [-0.4, -0.2) is 10.7 Å². The van der Waals surface area contributed by atoms with Gasteiger partial charge < -0.3 is 0 Å². The molecule has 1 heterocycles. The molecule has 0 radical (unpaired) electrons. The molecule has 0 amide bonds. The number of alkyl halides is 6. The molecule has 0 aliphatic carbocycles. The van der Waals surface area contributed by atoms with Crippen molar-refractivity contribution in [1.29, 1.82) is 0 Å². The number of rotatable bonds is 3. The van der Waals surface area contributed by atoms with Crippen LogP contribution in [-0.2, 0) is 18.1 Å². The van der Waals surface area contributed by atoms with E-state index >= 15 is 0 Å². The minimum absolute atomic E-state index is 0.223. The van der Waals surface area contributed by atoms with E-state index in [2.05, 4.69) is 4.99 Å². The summed E-state index contributed by atoms with van der Waals surface area (Å²) in [5.74, 6) is 0.225. The van der Waals surface area contributed by atoms with Gasteiger partial charge in [-0.05, 0) is 53.1 Å². The molecule has 0 aromatic heterocycles. The van der Waals surface area contributed by atoms with Gasteiger partial charge in [-0.2, -0.15) is 26.3 Å². The molecule has 1 aliphatic rings. The zero-order valence-corrected chi connectivity index (χ0v) is 17.1. The fourth-order valence-electron chi connectivity index (χ4n) is 3.32. The molecule has 1 unspecified atom stereocenters. The van der Waals surface area contributed by atoms with Crippen molar-refractivity contribution < 1.29 is 31.1 Å². The van der Waals surface area contributed by atoms with E-state index in [-0.39, 0.29) is 10.9 Å². The maximum Gasteiger partial charge on any atom is 0.416 e. The molecule has 0 fully saturated rings. The van der Waals surface area contributed by atoms with Crippen molar-refractivity contribution in [1.82, 2.24) is 0 Å². The second-order valence-electron chi connectivity index (χ2n) is 7.18. The van der Waals surface area contributed by atoms with Crippen LogP contribution < -0.4 is 0 Å². The van der Waals surface area contributed by atoms with Crippen molar-refractivity contribution in [3.05, 3.63) is 89.0 Å².